The highest BCUT2D eigenvalue weighted by Gasteiger charge is 2.30. The highest BCUT2D eigenvalue weighted by Crippen LogP contribution is 2.33. The number of methoxy groups -OCH3 is 1. The van der Waals surface area contributed by atoms with Crippen LogP contribution in [0.2, 0.25) is 10.0 Å². The highest BCUT2D eigenvalue weighted by atomic mass is 35.5. The Morgan fingerprint density at radius 1 is 0.915 bits per heavy atom. The van der Waals surface area contributed by atoms with E-state index in [4.69, 9.17) is 28.2 Å². The number of ether oxygens (including phenoxy) is 1. The lowest BCUT2D eigenvalue weighted by molar-refractivity contribution is -0.139. The van der Waals surface area contributed by atoms with Crippen LogP contribution < -0.4 is 10.6 Å². The SMILES string of the molecule is COC(=O)CNC(=O)Nc1ccc(Cn2cc(-c3ccc(Cl)cc3Cl)nc2C=Cc2ccc(-c3cccc(C(F)(F)F)c3)cc2)cc1. The fourth-order valence-electron chi connectivity index (χ4n) is 4.64. The van der Waals surface area contributed by atoms with Gasteiger partial charge in [0.1, 0.15) is 12.4 Å². The van der Waals surface area contributed by atoms with Crippen molar-refractivity contribution in [3.8, 4) is 22.4 Å². The second-order valence-electron chi connectivity index (χ2n) is 10.4. The molecule has 1 heterocycles. The number of carbonyl (C=O) groups is 2. The number of halogens is 5. The first kappa shape index (κ1) is 33.3. The molecule has 7 nitrogen and oxygen atoms in total. The normalized spacial score (nSPS) is 11.4. The standard InChI is InChI=1S/C35H27Cl2F3N4O3/c1-47-33(45)19-41-34(46)42-28-13-7-23(8-14-28)20-44-21-31(29-15-12-27(36)18-30(29)37)43-32(44)16-9-22-5-10-24(11-6-22)25-3-2-4-26(17-25)35(38,39)40/h2-18,21H,19-20H2,1H3,(H2,41,42,46). The van der Waals surface area contributed by atoms with Gasteiger partial charge in [-0.3, -0.25) is 4.79 Å². The van der Waals surface area contributed by atoms with Crippen molar-refractivity contribution in [2.24, 2.45) is 0 Å². The zero-order valence-electron chi connectivity index (χ0n) is 24.8. The molecule has 12 heteroatoms. The number of benzene rings is 4. The molecular weight excluding hydrogens is 652 g/mol. The maximum absolute atomic E-state index is 13.2. The van der Waals surface area contributed by atoms with Crippen LogP contribution in [0.25, 0.3) is 34.5 Å². The van der Waals surface area contributed by atoms with Crippen molar-refractivity contribution in [1.82, 2.24) is 14.9 Å². The second-order valence-corrected chi connectivity index (χ2v) is 11.2. The van der Waals surface area contributed by atoms with E-state index in [1.54, 1.807) is 48.5 Å². The highest BCUT2D eigenvalue weighted by molar-refractivity contribution is 6.36. The van der Waals surface area contributed by atoms with E-state index in [0.717, 1.165) is 23.3 Å². The topological polar surface area (TPSA) is 85.2 Å². The number of amides is 2. The van der Waals surface area contributed by atoms with Gasteiger partial charge in [0.25, 0.3) is 0 Å². The molecule has 0 spiro atoms. The predicted octanol–water partition coefficient (Wildman–Crippen LogP) is 9.06. The lowest BCUT2D eigenvalue weighted by atomic mass is 10.0. The minimum atomic E-state index is -4.42. The fourth-order valence-corrected chi connectivity index (χ4v) is 5.14. The third kappa shape index (κ3) is 8.81. The molecule has 1 aromatic heterocycles. The molecule has 2 amide bonds. The average molecular weight is 680 g/mol. The van der Waals surface area contributed by atoms with Gasteiger partial charge in [0.15, 0.2) is 0 Å². The van der Waals surface area contributed by atoms with E-state index in [2.05, 4.69) is 15.4 Å². The van der Waals surface area contributed by atoms with Gasteiger partial charge < -0.3 is 19.9 Å². The minimum Gasteiger partial charge on any atom is -0.468 e. The number of hydrogen-bond acceptors (Lipinski definition) is 4. The largest absolute Gasteiger partial charge is 0.468 e. The van der Waals surface area contributed by atoms with Crippen LogP contribution in [0.3, 0.4) is 0 Å². The molecule has 5 rings (SSSR count). The summed E-state index contributed by atoms with van der Waals surface area (Å²) in [6.45, 7) is 0.179. The van der Waals surface area contributed by atoms with Crippen molar-refractivity contribution >= 4 is 53.0 Å². The summed E-state index contributed by atoms with van der Waals surface area (Å²) in [6, 6.07) is 24.2. The zero-order chi connectivity index (χ0) is 33.6. The van der Waals surface area contributed by atoms with Crippen molar-refractivity contribution in [3.05, 3.63) is 130 Å². The van der Waals surface area contributed by atoms with Gasteiger partial charge >= 0.3 is 18.2 Å². The molecule has 0 saturated carbocycles. The van der Waals surface area contributed by atoms with Gasteiger partial charge in [-0.15, -0.1) is 0 Å². The lowest BCUT2D eigenvalue weighted by Crippen LogP contribution is -2.33. The Bertz CT molecular complexity index is 1920. The Morgan fingerprint density at radius 2 is 1.66 bits per heavy atom. The summed E-state index contributed by atoms with van der Waals surface area (Å²) in [5.74, 6) is 0.0597. The van der Waals surface area contributed by atoms with E-state index in [1.165, 1.54) is 13.2 Å². The average Bonchev–Trinajstić information content (AvgIpc) is 3.45. The summed E-state index contributed by atoms with van der Waals surface area (Å²) in [4.78, 5) is 28.1. The van der Waals surface area contributed by atoms with Crippen LogP contribution in [-0.2, 0) is 22.3 Å². The van der Waals surface area contributed by atoms with Crippen molar-refractivity contribution < 1.29 is 27.5 Å². The van der Waals surface area contributed by atoms with Crippen LogP contribution in [0, 0.1) is 0 Å². The Balaban J connectivity index is 1.37. The maximum Gasteiger partial charge on any atom is 0.416 e. The van der Waals surface area contributed by atoms with Crippen molar-refractivity contribution in [1.29, 1.82) is 0 Å². The zero-order valence-corrected chi connectivity index (χ0v) is 26.3. The molecule has 0 fully saturated rings. The molecule has 0 bridgehead atoms. The molecule has 240 valence electrons. The number of rotatable bonds is 9. The Labute approximate surface area is 278 Å². The van der Waals surface area contributed by atoms with Crippen molar-refractivity contribution in [3.63, 3.8) is 0 Å². The summed E-state index contributed by atoms with van der Waals surface area (Å²) in [5.41, 5.74) is 4.03. The monoisotopic (exact) mass is 678 g/mol. The number of anilines is 1. The van der Waals surface area contributed by atoms with E-state index in [9.17, 15) is 22.8 Å². The summed E-state index contributed by atoms with van der Waals surface area (Å²) in [7, 11) is 1.24. The summed E-state index contributed by atoms with van der Waals surface area (Å²) in [6.07, 6.45) is 1.16. The van der Waals surface area contributed by atoms with Crippen molar-refractivity contribution in [2.45, 2.75) is 12.7 Å². The number of aromatic nitrogens is 2. The number of nitrogens with one attached hydrogen (secondary N) is 2. The van der Waals surface area contributed by atoms with Gasteiger partial charge in [-0.05, 0) is 70.8 Å². The van der Waals surface area contributed by atoms with Crippen LogP contribution in [0.4, 0.5) is 23.7 Å². The number of hydrogen-bond donors (Lipinski definition) is 2. The number of urea groups is 1. The first-order valence-electron chi connectivity index (χ1n) is 14.2. The predicted molar refractivity (Wildman–Crippen MR) is 178 cm³/mol. The Kier molecular flexibility index (Phi) is 10.3. The number of carbonyl (C=O) groups excluding carboxylic acids is 2. The van der Waals surface area contributed by atoms with Crippen molar-refractivity contribution in [2.75, 3.05) is 19.0 Å². The van der Waals surface area contributed by atoms with Crippen LogP contribution in [0.5, 0.6) is 0 Å². The summed E-state index contributed by atoms with van der Waals surface area (Å²) in [5, 5.41) is 6.02. The maximum atomic E-state index is 13.2. The van der Waals surface area contributed by atoms with E-state index in [0.29, 0.717) is 50.5 Å². The van der Waals surface area contributed by atoms with Crippen LogP contribution >= 0.6 is 23.2 Å². The van der Waals surface area contributed by atoms with E-state index in [-0.39, 0.29) is 6.54 Å². The van der Waals surface area contributed by atoms with Crippen LogP contribution in [-0.4, -0.2) is 35.2 Å². The molecule has 5 aromatic rings. The fraction of sp³-hybridized carbons (Fsp3) is 0.114. The molecule has 2 N–H and O–H groups in total. The Morgan fingerprint density at radius 3 is 2.34 bits per heavy atom. The molecule has 0 aliphatic rings. The number of nitrogens with zero attached hydrogens (tertiary/aromatic N) is 2. The Hall–Kier alpha value is -5.06. The molecule has 0 saturated heterocycles. The van der Waals surface area contributed by atoms with Gasteiger partial charge in [-0.25, -0.2) is 9.78 Å². The van der Waals surface area contributed by atoms with Crippen LogP contribution in [0.15, 0.2) is 97.2 Å². The molecule has 4 aromatic carbocycles. The van der Waals surface area contributed by atoms with E-state index >= 15 is 0 Å². The number of esters is 1. The third-order valence-corrected chi connectivity index (χ3v) is 7.61. The molecule has 0 radical (unpaired) electrons. The van der Waals surface area contributed by atoms with Gasteiger partial charge in [-0.1, -0.05) is 77.8 Å². The third-order valence-electron chi connectivity index (χ3n) is 7.06. The quantitative estimate of drug-likeness (QED) is 0.152. The number of alkyl halides is 3. The number of imidazole rings is 1. The lowest BCUT2D eigenvalue weighted by Gasteiger charge is -2.09. The molecule has 0 aliphatic heterocycles. The van der Waals surface area contributed by atoms with Crippen LogP contribution in [0.1, 0.15) is 22.5 Å². The van der Waals surface area contributed by atoms with Gasteiger partial charge in [0.2, 0.25) is 0 Å². The second kappa shape index (κ2) is 14.6. The molecule has 0 aliphatic carbocycles. The smallest absolute Gasteiger partial charge is 0.416 e. The molecular formula is C35H27Cl2F3N4O3. The molecule has 0 atom stereocenters. The minimum absolute atomic E-state index is 0.253. The van der Waals surface area contributed by atoms with E-state index in [1.807, 2.05) is 47.2 Å². The first-order valence-corrected chi connectivity index (χ1v) is 14.9. The van der Waals surface area contributed by atoms with E-state index < -0.39 is 23.7 Å². The van der Waals surface area contributed by atoms with Gasteiger partial charge in [0, 0.05) is 29.0 Å². The summed E-state index contributed by atoms with van der Waals surface area (Å²) < 4.78 is 46.0. The molecule has 47 heavy (non-hydrogen) atoms. The first-order chi connectivity index (χ1) is 22.5. The van der Waals surface area contributed by atoms with Gasteiger partial charge in [0.05, 0.1) is 23.4 Å². The van der Waals surface area contributed by atoms with Gasteiger partial charge in [-0.2, -0.15) is 13.2 Å². The summed E-state index contributed by atoms with van der Waals surface area (Å²) >= 11 is 12.6. The molecule has 0 unspecified atom stereocenters.